The van der Waals surface area contributed by atoms with Crippen LogP contribution in [0.4, 0.5) is 0 Å². The summed E-state index contributed by atoms with van der Waals surface area (Å²) in [5, 5.41) is 3.18. The molecule has 12 heavy (non-hydrogen) atoms. The van der Waals surface area contributed by atoms with E-state index in [9.17, 15) is 4.79 Å². The van der Waals surface area contributed by atoms with E-state index in [1.165, 1.54) is 24.1 Å². The molecular formula is C10H15NO. The fourth-order valence-corrected chi connectivity index (χ4v) is 1.55. The summed E-state index contributed by atoms with van der Waals surface area (Å²) in [6.07, 6.45) is 9.03. The summed E-state index contributed by atoms with van der Waals surface area (Å²) in [5.74, 6) is 0. The predicted octanol–water partition coefficient (Wildman–Crippen LogP) is 1.79. The van der Waals surface area contributed by atoms with E-state index >= 15 is 0 Å². The molecule has 0 saturated carbocycles. The summed E-state index contributed by atoms with van der Waals surface area (Å²) in [4.78, 5) is 10.1. The van der Waals surface area contributed by atoms with Crippen LogP contribution in [0.15, 0.2) is 23.4 Å². The summed E-state index contributed by atoms with van der Waals surface area (Å²) in [5.41, 5.74) is 2.58. The molecule has 0 radical (unpaired) electrons. The van der Waals surface area contributed by atoms with Gasteiger partial charge in [-0.3, -0.25) is 4.79 Å². The molecule has 2 heteroatoms. The number of allylic oxidation sites excluding steroid dienone is 4. The van der Waals surface area contributed by atoms with Gasteiger partial charge in [-0.05, 0) is 37.3 Å². The zero-order valence-corrected chi connectivity index (χ0v) is 7.47. The second-order valence-corrected chi connectivity index (χ2v) is 2.96. The van der Waals surface area contributed by atoms with E-state index in [0.29, 0.717) is 0 Å². The van der Waals surface area contributed by atoms with Gasteiger partial charge in [-0.25, -0.2) is 0 Å². The van der Waals surface area contributed by atoms with Crippen molar-refractivity contribution in [2.75, 3.05) is 7.05 Å². The summed E-state index contributed by atoms with van der Waals surface area (Å²) in [6.45, 7) is 0. The fourth-order valence-electron chi connectivity index (χ4n) is 1.55. The Kier molecular flexibility index (Phi) is 3.58. The minimum absolute atomic E-state index is 0.828. The van der Waals surface area contributed by atoms with Crippen LogP contribution in [0, 0.1) is 0 Å². The quantitative estimate of drug-likeness (QED) is 0.510. The van der Waals surface area contributed by atoms with Crippen LogP contribution in [0.25, 0.3) is 0 Å². The third-order valence-corrected chi connectivity index (χ3v) is 2.19. The first kappa shape index (κ1) is 9.04. The number of rotatable bonds is 3. The maximum Gasteiger partial charge on any atom is 0.142 e. The van der Waals surface area contributed by atoms with Gasteiger partial charge < -0.3 is 5.32 Å². The molecule has 0 bridgehead atoms. The van der Waals surface area contributed by atoms with Crippen LogP contribution in [0.3, 0.4) is 0 Å². The van der Waals surface area contributed by atoms with Crippen LogP contribution in [0.1, 0.15) is 25.7 Å². The Morgan fingerprint density at radius 2 is 2.08 bits per heavy atom. The van der Waals surface area contributed by atoms with Gasteiger partial charge in [0, 0.05) is 12.7 Å². The van der Waals surface area contributed by atoms with Crippen LogP contribution in [-0.2, 0) is 4.79 Å². The summed E-state index contributed by atoms with van der Waals surface area (Å²) >= 11 is 0. The summed E-state index contributed by atoms with van der Waals surface area (Å²) in [7, 11) is 1.94. The third-order valence-electron chi connectivity index (χ3n) is 2.19. The molecule has 0 aliphatic heterocycles. The topological polar surface area (TPSA) is 29.1 Å². The molecule has 0 aromatic heterocycles. The average Bonchev–Trinajstić information content (AvgIpc) is 2.15. The van der Waals surface area contributed by atoms with E-state index in [1.54, 1.807) is 6.08 Å². The van der Waals surface area contributed by atoms with Crippen molar-refractivity contribution in [3.63, 3.8) is 0 Å². The second kappa shape index (κ2) is 4.75. The van der Waals surface area contributed by atoms with Crippen molar-refractivity contribution in [2.24, 2.45) is 0 Å². The molecule has 1 aliphatic rings. The number of hydrogen-bond donors (Lipinski definition) is 1. The molecule has 0 aromatic rings. The van der Waals surface area contributed by atoms with Crippen LogP contribution in [0.5, 0.6) is 0 Å². The van der Waals surface area contributed by atoms with Gasteiger partial charge in [0.05, 0.1) is 0 Å². The molecular weight excluding hydrogens is 150 g/mol. The second-order valence-electron chi connectivity index (χ2n) is 2.96. The van der Waals surface area contributed by atoms with Gasteiger partial charge in [0.25, 0.3) is 0 Å². The van der Waals surface area contributed by atoms with Crippen LogP contribution >= 0.6 is 0 Å². The number of hydrogen-bond acceptors (Lipinski definition) is 2. The molecule has 0 fully saturated rings. The van der Waals surface area contributed by atoms with Gasteiger partial charge in [0.2, 0.25) is 0 Å². The molecule has 0 spiro atoms. The summed E-state index contributed by atoms with van der Waals surface area (Å²) < 4.78 is 0. The number of carbonyl (C=O) groups is 1. The summed E-state index contributed by atoms with van der Waals surface area (Å²) in [6, 6.07) is 0. The Morgan fingerprint density at radius 1 is 1.33 bits per heavy atom. The van der Waals surface area contributed by atoms with Crippen molar-refractivity contribution >= 4 is 6.29 Å². The highest BCUT2D eigenvalue weighted by Crippen LogP contribution is 2.23. The molecule has 1 N–H and O–H groups in total. The van der Waals surface area contributed by atoms with Gasteiger partial charge >= 0.3 is 0 Å². The average molecular weight is 165 g/mol. The molecule has 2 nitrogen and oxygen atoms in total. The van der Waals surface area contributed by atoms with Crippen molar-refractivity contribution in [1.29, 1.82) is 0 Å². The van der Waals surface area contributed by atoms with Crippen molar-refractivity contribution in [2.45, 2.75) is 25.7 Å². The number of aldehydes is 1. The monoisotopic (exact) mass is 165 g/mol. The Labute approximate surface area is 73.4 Å². The lowest BCUT2D eigenvalue weighted by atomic mass is 9.96. The Bertz CT molecular complexity index is 216. The molecule has 0 unspecified atom stereocenters. The minimum Gasteiger partial charge on any atom is -0.391 e. The van der Waals surface area contributed by atoms with E-state index in [4.69, 9.17) is 0 Å². The smallest absolute Gasteiger partial charge is 0.142 e. The van der Waals surface area contributed by atoms with E-state index < -0.39 is 0 Å². The zero-order chi connectivity index (χ0) is 8.81. The van der Waals surface area contributed by atoms with E-state index in [-0.39, 0.29) is 0 Å². The Hall–Kier alpha value is -1.05. The minimum atomic E-state index is 0.828. The van der Waals surface area contributed by atoms with E-state index in [0.717, 1.165) is 19.1 Å². The van der Waals surface area contributed by atoms with Gasteiger partial charge in [-0.15, -0.1) is 0 Å². The van der Waals surface area contributed by atoms with Crippen molar-refractivity contribution in [3.8, 4) is 0 Å². The van der Waals surface area contributed by atoms with Crippen LogP contribution < -0.4 is 5.32 Å². The lowest BCUT2D eigenvalue weighted by molar-refractivity contribution is -0.104. The van der Waals surface area contributed by atoms with Gasteiger partial charge in [0.15, 0.2) is 0 Å². The maximum absolute atomic E-state index is 10.1. The molecule has 0 aromatic carbocycles. The standard InChI is InChI=1S/C10H15NO/c1-11-10-7-3-2-5-9(10)6-4-8-12/h4,6,8,11H,2-3,5,7H2,1H3/b6-4-. The fraction of sp³-hybridized carbons (Fsp3) is 0.500. The molecule has 0 saturated heterocycles. The largest absolute Gasteiger partial charge is 0.391 e. The van der Waals surface area contributed by atoms with Crippen molar-refractivity contribution < 1.29 is 4.79 Å². The van der Waals surface area contributed by atoms with Gasteiger partial charge in [0.1, 0.15) is 6.29 Å². The van der Waals surface area contributed by atoms with Crippen molar-refractivity contribution in [3.05, 3.63) is 23.4 Å². The SMILES string of the molecule is CNC1=C(/C=C\C=O)CCCC1. The Morgan fingerprint density at radius 3 is 2.75 bits per heavy atom. The number of carbonyl (C=O) groups excluding carboxylic acids is 1. The molecule has 0 heterocycles. The first-order chi connectivity index (χ1) is 5.88. The van der Waals surface area contributed by atoms with E-state index in [1.807, 2.05) is 13.1 Å². The highest BCUT2D eigenvalue weighted by atomic mass is 16.1. The molecule has 1 rings (SSSR count). The lowest BCUT2D eigenvalue weighted by Gasteiger charge is -2.17. The molecule has 0 atom stereocenters. The van der Waals surface area contributed by atoms with Crippen LogP contribution in [-0.4, -0.2) is 13.3 Å². The van der Waals surface area contributed by atoms with E-state index in [2.05, 4.69) is 5.32 Å². The Balaban J connectivity index is 2.72. The highest BCUT2D eigenvalue weighted by molar-refractivity contribution is 5.66. The molecule has 0 amide bonds. The van der Waals surface area contributed by atoms with Crippen LogP contribution in [0.2, 0.25) is 0 Å². The van der Waals surface area contributed by atoms with Crippen molar-refractivity contribution in [1.82, 2.24) is 5.32 Å². The predicted molar refractivity (Wildman–Crippen MR) is 49.8 cm³/mol. The maximum atomic E-state index is 10.1. The van der Waals surface area contributed by atoms with Gasteiger partial charge in [-0.2, -0.15) is 0 Å². The number of nitrogens with one attached hydrogen (secondary N) is 1. The highest BCUT2D eigenvalue weighted by Gasteiger charge is 2.08. The first-order valence-corrected chi connectivity index (χ1v) is 4.40. The normalized spacial score (nSPS) is 18.4. The zero-order valence-electron chi connectivity index (χ0n) is 7.47. The molecule has 1 aliphatic carbocycles. The van der Waals surface area contributed by atoms with Gasteiger partial charge in [-0.1, -0.05) is 6.08 Å². The lowest BCUT2D eigenvalue weighted by Crippen LogP contribution is -2.11. The third kappa shape index (κ3) is 2.22. The molecule has 66 valence electrons. The first-order valence-electron chi connectivity index (χ1n) is 4.40.